The van der Waals surface area contributed by atoms with E-state index in [1.807, 2.05) is 58.0 Å². The Kier molecular flexibility index (Phi) is 9.64. The number of ether oxygens (including phenoxy) is 1. The Bertz CT molecular complexity index is 898. The van der Waals surface area contributed by atoms with Crippen molar-refractivity contribution in [3.63, 3.8) is 0 Å². The van der Waals surface area contributed by atoms with Crippen molar-refractivity contribution in [3.8, 4) is 0 Å². The van der Waals surface area contributed by atoms with Gasteiger partial charge >= 0.3 is 12.1 Å². The highest BCUT2D eigenvalue weighted by atomic mass is 32.1. The number of aromatic carboxylic acids is 1. The SMILES string of the molecule is CC(C)C[C@H](NC(=O)OCc1ccccc1)C(=O)N[C@@H](CC(C)C)c1csc(C(=O)O)n1. The van der Waals surface area contributed by atoms with Gasteiger partial charge < -0.3 is 20.5 Å². The molecule has 0 aliphatic carbocycles. The maximum absolute atomic E-state index is 13.1. The van der Waals surface area contributed by atoms with Gasteiger partial charge in [-0.05, 0) is 30.2 Å². The van der Waals surface area contributed by atoms with Crippen LogP contribution in [0.2, 0.25) is 0 Å². The van der Waals surface area contributed by atoms with Crippen molar-refractivity contribution in [2.45, 2.75) is 59.2 Å². The molecule has 2 aromatic rings. The predicted octanol–water partition coefficient (Wildman–Crippen LogP) is 4.39. The molecule has 0 saturated carbocycles. The van der Waals surface area contributed by atoms with Crippen LogP contribution in [0.15, 0.2) is 35.7 Å². The normalized spacial score (nSPS) is 12.9. The van der Waals surface area contributed by atoms with Crippen molar-refractivity contribution >= 4 is 29.3 Å². The van der Waals surface area contributed by atoms with Gasteiger partial charge in [0.25, 0.3) is 0 Å². The van der Waals surface area contributed by atoms with Gasteiger partial charge in [-0.25, -0.2) is 14.6 Å². The number of aromatic nitrogens is 1. The summed E-state index contributed by atoms with van der Waals surface area (Å²) in [5.41, 5.74) is 1.35. The molecule has 0 saturated heterocycles. The quantitative estimate of drug-likeness (QED) is 0.457. The second-order valence-corrected chi connectivity index (χ2v) is 9.32. The topological polar surface area (TPSA) is 118 Å². The van der Waals surface area contributed by atoms with Crippen LogP contribution < -0.4 is 10.6 Å². The number of thiazole rings is 1. The molecule has 0 radical (unpaired) electrons. The molecule has 9 heteroatoms. The van der Waals surface area contributed by atoms with Crippen molar-refractivity contribution < 1.29 is 24.2 Å². The monoisotopic (exact) mass is 461 g/mol. The highest BCUT2D eigenvalue weighted by Crippen LogP contribution is 2.24. The summed E-state index contributed by atoms with van der Waals surface area (Å²) in [6.45, 7) is 8.04. The van der Waals surface area contributed by atoms with Crippen LogP contribution in [0.4, 0.5) is 4.79 Å². The highest BCUT2D eigenvalue weighted by molar-refractivity contribution is 7.11. The van der Waals surface area contributed by atoms with Gasteiger partial charge in [0.1, 0.15) is 12.6 Å². The number of hydrogen-bond donors (Lipinski definition) is 3. The van der Waals surface area contributed by atoms with Gasteiger partial charge in [0, 0.05) is 5.38 Å². The zero-order valence-electron chi connectivity index (χ0n) is 18.8. The molecule has 3 N–H and O–H groups in total. The molecular weight excluding hydrogens is 430 g/mol. The van der Waals surface area contributed by atoms with Gasteiger partial charge in [-0.2, -0.15) is 0 Å². The number of carboxylic acid groups (broad SMARTS) is 1. The van der Waals surface area contributed by atoms with Crippen LogP contribution in [-0.4, -0.2) is 34.1 Å². The van der Waals surface area contributed by atoms with Gasteiger partial charge in [0.05, 0.1) is 11.7 Å². The third-order valence-corrected chi connectivity index (χ3v) is 5.46. The molecule has 0 spiro atoms. The number of nitrogens with one attached hydrogen (secondary N) is 2. The minimum absolute atomic E-state index is 0.0237. The number of rotatable bonds is 11. The van der Waals surface area contributed by atoms with Gasteiger partial charge in [-0.3, -0.25) is 4.79 Å². The van der Waals surface area contributed by atoms with Crippen LogP contribution in [-0.2, 0) is 16.1 Å². The summed E-state index contributed by atoms with van der Waals surface area (Å²) in [6.07, 6.45) is 0.344. The van der Waals surface area contributed by atoms with Crippen LogP contribution >= 0.6 is 11.3 Å². The first-order valence-electron chi connectivity index (χ1n) is 10.6. The lowest BCUT2D eigenvalue weighted by molar-refractivity contribution is -0.124. The molecule has 2 atom stereocenters. The maximum Gasteiger partial charge on any atom is 0.408 e. The van der Waals surface area contributed by atoms with E-state index >= 15 is 0 Å². The number of nitrogens with zero attached hydrogens (tertiary/aromatic N) is 1. The Hall–Kier alpha value is -2.94. The summed E-state index contributed by atoms with van der Waals surface area (Å²) in [5.74, 6) is -1.06. The second-order valence-electron chi connectivity index (χ2n) is 8.46. The zero-order valence-corrected chi connectivity index (χ0v) is 19.6. The average molecular weight is 462 g/mol. The summed E-state index contributed by atoms with van der Waals surface area (Å²) in [7, 11) is 0. The van der Waals surface area contributed by atoms with Gasteiger partial charge in [-0.15, -0.1) is 11.3 Å². The van der Waals surface area contributed by atoms with Gasteiger partial charge in [0.2, 0.25) is 10.9 Å². The van der Waals surface area contributed by atoms with Crippen LogP contribution in [0.25, 0.3) is 0 Å². The minimum Gasteiger partial charge on any atom is -0.476 e. The van der Waals surface area contributed by atoms with E-state index in [1.54, 1.807) is 5.38 Å². The van der Waals surface area contributed by atoms with E-state index in [0.29, 0.717) is 18.5 Å². The van der Waals surface area contributed by atoms with E-state index in [-0.39, 0.29) is 29.4 Å². The van der Waals surface area contributed by atoms with E-state index in [2.05, 4.69) is 15.6 Å². The number of carboxylic acids is 1. The lowest BCUT2D eigenvalue weighted by Crippen LogP contribution is -2.48. The summed E-state index contributed by atoms with van der Waals surface area (Å²) >= 11 is 1.02. The molecule has 0 aliphatic rings. The third-order valence-electron chi connectivity index (χ3n) is 4.61. The van der Waals surface area contributed by atoms with Crippen LogP contribution in [0.5, 0.6) is 0 Å². The smallest absolute Gasteiger partial charge is 0.408 e. The fraction of sp³-hybridized carbons (Fsp3) is 0.478. The lowest BCUT2D eigenvalue weighted by Gasteiger charge is -2.24. The highest BCUT2D eigenvalue weighted by Gasteiger charge is 2.27. The molecule has 174 valence electrons. The van der Waals surface area contributed by atoms with Crippen LogP contribution in [0.3, 0.4) is 0 Å². The van der Waals surface area contributed by atoms with Crippen LogP contribution in [0, 0.1) is 11.8 Å². The number of carbonyl (C=O) groups excluding carboxylic acids is 2. The summed E-state index contributed by atoms with van der Waals surface area (Å²) in [4.78, 5) is 40.8. The van der Waals surface area contributed by atoms with E-state index in [1.165, 1.54) is 0 Å². The Morgan fingerprint density at radius 1 is 1.03 bits per heavy atom. The molecule has 1 aromatic heterocycles. The van der Waals surface area contributed by atoms with E-state index in [0.717, 1.165) is 16.9 Å². The van der Waals surface area contributed by atoms with Gasteiger partial charge in [-0.1, -0.05) is 58.0 Å². The number of alkyl carbamates (subject to hydrolysis) is 1. The summed E-state index contributed by atoms with van der Waals surface area (Å²) in [6, 6.07) is 8.04. The van der Waals surface area contributed by atoms with Crippen molar-refractivity contribution in [1.82, 2.24) is 15.6 Å². The first-order chi connectivity index (χ1) is 15.2. The summed E-state index contributed by atoms with van der Waals surface area (Å²) in [5, 5.41) is 16.4. The Balaban J connectivity index is 2.07. The Labute approximate surface area is 192 Å². The standard InChI is InChI=1S/C23H31N3O5S/c1-14(2)10-17(19-13-32-21(25-19)22(28)29)24-20(27)18(11-15(3)4)26-23(30)31-12-16-8-6-5-7-9-16/h5-9,13-15,17-18H,10-12H2,1-4H3,(H,24,27)(H,26,30)(H,28,29)/t17-,18-/m0/s1. The number of benzene rings is 1. The molecule has 0 unspecified atom stereocenters. The summed E-state index contributed by atoms with van der Waals surface area (Å²) < 4.78 is 5.27. The van der Waals surface area contributed by atoms with E-state index < -0.39 is 24.1 Å². The molecule has 0 bridgehead atoms. The molecule has 2 rings (SSSR count). The van der Waals surface area contributed by atoms with Crippen molar-refractivity contribution in [2.75, 3.05) is 0 Å². The molecular formula is C23H31N3O5S. The van der Waals surface area contributed by atoms with Crippen LogP contribution in [0.1, 0.15) is 67.6 Å². The fourth-order valence-corrected chi connectivity index (χ4v) is 3.86. The third kappa shape index (κ3) is 8.30. The first-order valence-corrected chi connectivity index (χ1v) is 11.5. The van der Waals surface area contributed by atoms with E-state index in [9.17, 15) is 14.4 Å². The molecule has 32 heavy (non-hydrogen) atoms. The zero-order chi connectivity index (χ0) is 23.7. The number of carbonyl (C=O) groups is 3. The molecule has 1 heterocycles. The molecule has 8 nitrogen and oxygen atoms in total. The number of hydrogen-bond acceptors (Lipinski definition) is 6. The number of amides is 2. The maximum atomic E-state index is 13.1. The predicted molar refractivity (Wildman–Crippen MR) is 122 cm³/mol. The minimum atomic E-state index is -1.10. The van der Waals surface area contributed by atoms with Gasteiger partial charge in [0.15, 0.2) is 0 Å². The largest absolute Gasteiger partial charge is 0.476 e. The van der Waals surface area contributed by atoms with Crippen molar-refractivity contribution in [3.05, 3.63) is 52.0 Å². The van der Waals surface area contributed by atoms with Crippen molar-refractivity contribution in [1.29, 1.82) is 0 Å². The Morgan fingerprint density at radius 2 is 1.69 bits per heavy atom. The Morgan fingerprint density at radius 3 is 2.25 bits per heavy atom. The fourth-order valence-electron chi connectivity index (χ4n) is 3.15. The first kappa shape index (κ1) is 25.3. The lowest BCUT2D eigenvalue weighted by atomic mass is 9.99. The molecule has 2 amide bonds. The molecule has 1 aromatic carbocycles. The molecule has 0 aliphatic heterocycles. The van der Waals surface area contributed by atoms with E-state index in [4.69, 9.17) is 9.84 Å². The average Bonchev–Trinajstić information content (AvgIpc) is 3.22. The second kappa shape index (κ2) is 12.2. The molecule has 0 fully saturated rings. The van der Waals surface area contributed by atoms with Crippen molar-refractivity contribution in [2.24, 2.45) is 11.8 Å².